The van der Waals surface area contributed by atoms with Gasteiger partial charge in [0.25, 0.3) is 5.91 Å². The van der Waals surface area contributed by atoms with Gasteiger partial charge < -0.3 is 10.6 Å². The summed E-state index contributed by atoms with van der Waals surface area (Å²) in [6.07, 6.45) is -4.34. The highest BCUT2D eigenvalue weighted by molar-refractivity contribution is 7.99. The van der Waals surface area contributed by atoms with Gasteiger partial charge in [-0.05, 0) is 59.0 Å². The summed E-state index contributed by atoms with van der Waals surface area (Å²) in [5, 5.41) is 17.6. The Morgan fingerprint density at radius 2 is 1.50 bits per heavy atom. The Morgan fingerprint density at radius 1 is 0.861 bits per heavy atom. The van der Waals surface area contributed by atoms with Gasteiger partial charge in [0.05, 0.1) is 22.6 Å². The third-order valence-electron chi connectivity index (χ3n) is 4.93. The number of amides is 2. The molecular formula is C24H19F3N6O2S. The summed E-state index contributed by atoms with van der Waals surface area (Å²) in [7, 11) is 0. The first-order valence-corrected chi connectivity index (χ1v) is 11.6. The standard InChI is InChI=1S/C24H19F3N6O2S/c25-24(26,27)17-12-10-16(11-13-17)22(35)29-20-9-5-4-8-19(20)28-21(34)14-15-36-23-30-31-32-33(23)18-6-2-1-3-7-18/h1-13H,14-15H2,(H,28,34)(H,29,35). The minimum absolute atomic E-state index is 0.0525. The van der Waals surface area contributed by atoms with Crippen molar-refractivity contribution in [2.45, 2.75) is 17.8 Å². The number of hydrogen-bond donors (Lipinski definition) is 2. The van der Waals surface area contributed by atoms with Gasteiger partial charge in [0, 0.05) is 17.7 Å². The number of hydrogen-bond acceptors (Lipinski definition) is 6. The van der Waals surface area contributed by atoms with Crippen LogP contribution < -0.4 is 10.6 Å². The fraction of sp³-hybridized carbons (Fsp3) is 0.125. The van der Waals surface area contributed by atoms with E-state index in [1.807, 2.05) is 30.3 Å². The summed E-state index contributed by atoms with van der Waals surface area (Å²) >= 11 is 1.32. The van der Waals surface area contributed by atoms with Gasteiger partial charge in [-0.2, -0.15) is 17.9 Å². The van der Waals surface area contributed by atoms with E-state index in [9.17, 15) is 22.8 Å². The maximum absolute atomic E-state index is 12.8. The van der Waals surface area contributed by atoms with E-state index in [-0.39, 0.29) is 17.9 Å². The Labute approximate surface area is 207 Å². The van der Waals surface area contributed by atoms with Gasteiger partial charge in [-0.25, -0.2) is 0 Å². The average molecular weight is 513 g/mol. The van der Waals surface area contributed by atoms with E-state index < -0.39 is 17.6 Å². The smallest absolute Gasteiger partial charge is 0.324 e. The Balaban J connectivity index is 1.34. The maximum Gasteiger partial charge on any atom is 0.416 e. The van der Waals surface area contributed by atoms with E-state index in [2.05, 4.69) is 26.2 Å². The SMILES string of the molecule is O=C(CCSc1nnnn1-c1ccccc1)Nc1ccccc1NC(=O)c1ccc(C(F)(F)F)cc1. The van der Waals surface area contributed by atoms with Crippen LogP contribution in [0, 0.1) is 0 Å². The molecule has 0 radical (unpaired) electrons. The van der Waals surface area contributed by atoms with Gasteiger partial charge in [0.15, 0.2) is 0 Å². The van der Waals surface area contributed by atoms with Crippen molar-refractivity contribution in [2.75, 3.05) is 16.4 Å². The lowest BCUT2D eigenvalue weighted by molar-refractivity contribution is -0.137. The Morgan fingerprint density at radius 3 is 2.17 bits per heavy atom. The van der Waals surface area contributed by atoms with Crippen LogP contribution in [0.5, 0.6) is 0 Å². The third kappa shape index (κ3) is 6.27. The Bertz CT molecular complexity index is 1340. The van der Waals surface area contributed by atoms with Crippen LogP contribution in [0.2, 0.25) is 0 Å². The van der Waals surface area contributed by atoms with Gasteiger partial charge in [-0.15, -0.1) is 5.10 Å². The van der Waals surface area contributed by atoms with Crippen molar-refractivity contribution in [1.82, 2.24) is 20.2 Å². The largest absolute Gasteiger partial charge is 0.416 e. The van der Waals surface area contributed by atoms with Crippen LogP contribution in [0.25, 0.3) is 5.69 Å². The molecule has 0 saturated carbocycles. The zero-order valence-electron chi connectivity index (χ0n) is 18.6. The number of halogens is 3. The molecule has 36 heavy (non-hydrogen) atoms. The minimum atomic E-state index is -4.49. The molecule has 4 rings (SSSR count). The zero-order chi connectivity index (χ0) is 25.5. The monoisotopic (exact) mass is 512 g/mol. The molecule has 4 aromatic rings. The number of carbonyl (C=O) groups is 2. The van der Waals surface area contributed by atoms with Gasteiger partial charge >= 0.3 is 6.18 Å². The number of nitrogens with zero attached hydrogens (tertiary/aromatic N) is 4. The van der Waals surface area contributed by atoms with Crippen LogP contribution in [0.4, 0.5) is 24.5 Å². The maximum atomic E-state index is 12.8. The van der Waals surface area contributed by atoms with Crippen molar-refractivity contribution < 1.29 is 22.8 Å². The first kappa shape index (κ1) is 24.9. The van der Waals surface area contributed by atoms with Crippen molar-refractivity contribution in [2.24, 2.45) is 0 Å². The number of para-hydroxylation sites is 3. The normalized spacial score (nSPS) is 11.2. The molecule has 1 aromatic heterocycles. The molecule has 0 aliphatic carbocycles. The molecule has 2 amide bonds. The summed E-state index contributed by atoms with van der Waals surface area (Å²) in [6, 6.07) is 19.8. The topological polar surface area (TPSA) is 102 Å². The minimum Gasteiger partial charge on any atom is -0.324 e. The third-order valence-corrected chi connectivity index (χ3v) is 5.85. The molecule has 184 valence electrons. The van der Waals surface area contributed by atoms with Gasteiger partial charge in [-0.3, -0.25) is 9.59 Å². The second-order valence-electron chi connectivity index (χ2n) is 7.43. The fourth-order valence-corrected chi connectivity index (χ4v) is 3.98. The quantitative estimate of drug-likeness (QED) is 0.320. The Kier molecular flexibility index (Phi) is 7.64. The molecule has 0 spiro atoms. The fourth-order valence-electron chi connectivity index (χ4n) is 3.15. The summed E-state index contributed by atoms with van der Waals surface area (Å²) in [5.41, 5.74) is 0.685. The van der Waals surface area contributed by atoms with Crippen LogP contribution >= 0.6 is 11.8 Å². The molecule has 2 N–H and O–H groups in total. The molecule has 0 aliphatic rings. The second kappa shape index (κ2) is 11.0. The van der Waals surface area contributed by atoms with E-state index >= 15 is 0 Å². The summed E-state index contributed by atoms with van der Waals surface area (Å²) in [6.45, 7) is 0. The first-order valence-electron chi connectivity index (χ1n) is 10.7. The average Bonchev–Trinajstić information content (AvgIpc) is 3.34. The highest BCUT2D eigenvalue weighted by Gasteiger charge is 2.30. The van der Waals surface area contributed by atoms with Crippen molar-refractivity contribution in [1.29, 1.82) is 0 Å². The van der Waals surface area contributed by atoms with Crippen molar-refractivity contribution in [3.05, 3.63) is 90.0 Å². The van der Waals surface area contributed by atoms with Crippen molar-refractivity contribution in [3.63, 3.8) is 0 Å². The lowest BCUT2D eigenvalue weighted by atomic mass is 10.1. The van der Waals surface area contributed by atoms with Crippen LogP contribution in [0.1, 0.15) is 22.3 Å². The number of tetrazole rings is 1. The van der Waals surface area contributed by atoms with Gasteiger partial charge in [0.2, 0.25) is 11.1 Å². The molecule has 3 aromatic carbocycles. The van der Waals surface area contributed by atoms with Crippen LogP contribution in [0.3, 0.4) is 0 Å². The van der Waals surface area contributed by atoms with E-state index in [4.69, 9.17) is 0 Å². The Hall–Kier alpha value is -4.19. The van der Waals surface area contributed by atoms with E-state index in [1.54, 1.807) is 28.9 Å². The first-order chi connectivity index (χ1) is 17.3. The number of thioether (sulfide) groups is 1. The molecule has 0 fully saturated rings. The number of rotatable bonds is 8. The molecule has 12 heteroatoms. The summed E-state index contributed by atoms with van der Waals surface area (Å²) in [5.74, 6) is -0.495. The zero-order valence-corrected chi connectivity index (χ0v) is 19.4. The molecule has 0 atom stereocenters. The van der Waals surface area contributed by atoms with E-state index in [1.165, 1.54) is 11.8 Å². The highest BCUT2D eigenvalue weighted by atomic mass is 32.2. The molecular weight excluding hydrogens is 493 g/mol. The van der Waals surface area contributed by atoms with Crippen molar-refractivity contribution in [3.8, 4) is 5.69 Å². The van der Waals surface area contributed by atoms with Gasteiger partial charge in [0.1, 0.15) is 0 Å². The van der Waals surface area contributed by atoms with Crippen LogP contribution in [-0.4, -0.2) is 37.8 Å². The number of benzene rings is 3. The molecule has 1 heterocycles. The molecule has 0 bridgehead atoms. The second-order valence-corrected chi connectivity index (χ2v) is 8.49. The van der Waals surface area contributed by atoms with Gasteiger partial charge in [-0.1, -0.05) is 42.1 Å². The molecule has 0 unspecified atom stereocenters. The number of nitrogens with one attached hydrogen (secondary N) is 2. The number of carbonyl (C=O) groups excluding carboxylic acids is 2. The van der Waals surface area contributed by atoms with E-state index in [0.29, 0.717) is 22.3 Å². The molecule has 0 aliphatic heterocycles. The lowest BCUT2D eigenvalue weighted by Gasteiger charge is -2.13. The number of alkyl halides is 3. The number of anilines is 2. The highest BCUT2D eigenvalue weighted by Crippen LogP contribution is 2.29. The van der Waals surface area contributed by atoms with Crippen LogP contribution in [-0.2, 0) is 11.0 Å². The molecule has 0 saturated heterocycles. The summed E-state index contributed by atoms with van der Waals surface area (Å²) < 4.78 is 39.8. The van der Waals surface area contributed by atoms with Crippen LogP contribution in [0.15, 0.2) is 84.0 Å². The van der Waals surface area contributed by atoms with E-state index in [0.717, 1.165) is 30.0 Å². The number of aromatic nitrogens is 4. The lowest BCUT2D eigenvalue weighted by Crippen LogP contribution is -2.17. The molecule has 8 nitrogen and oxygen atoms in total. The predicted octanol–water partition coefficient (Wildman–Crippen LogP) is 5.05. The van der Waals surface area contributed by atoms with Crippen molar-refractivity contribution >= 4 is 35.0 Å². The predicted molar refractivity (Wildman–Crippen MR) is 129 cm³/mol. The summed E-state index contributed by atoms with van der Waals surface area (Å²) in [4.78, 5) is 25.1.